The predicted octanol–water partition coefficient (Wildman–Crippen LogP) is 1.63. The van der Waals surface area contributed by atoms with Crippen molar-refractivity contribution in [2.24, 2.45) is 5.92 Å². The van der Waals surface area contributed by atoms with Gasteiger partial charge < -0.3 is 10.4 Å². The minimum atomic E-state index is -0.400. The van der Waals surface area contributed by atoms with E-state index in [2.05, 4.69) is 5.32 Å². The molecule has 0 amide bonds. The summed E-state index contributed by atoms with van der Waals surface area (Å²) in [4.78, 5) is 0. The molecule has 0 bridgehead atoms. The van der Waals surface area contributed by atoms with Crippen LogP contribution in [-0.4, -0.2) is 35.3 Å². The van der Waals surface area contributed by atoms with Gasteiger partial charge in [-0.05, 0) is 37.5 Å². The average Bonchev–Trinajstić information content (AvgIpc) is 2.77. The lowest BCUT2D eigenvalue weighted by Crippen LogP contribution is -2.41. The van der Waals surface area contributed by atoms with Crippen molar-refractivity contribution in [2.45, 2.75) is 37.7 Å². The largest absolute Gasteiger partial charge is 0.388 e. The van der Waals surface area contributed by atoms with Gasteiger partial charge in [0.2, 0.25) is 0 Å². The van der Waals surface area contributed by atoms with Gasteiger partial charge in [-0.1, -0.05) is 12.8 Å². The molecule has 1 aliphatic heterocycles. The third kappa shape index (κ3) is 2.88. The van der Waals surface area contributed by atoms with Gasteiger partial charge in [-0.25, -0.2) is 0 Å². The lowest BCUT2D eigenvalue weighted by molar-refractivity contribution is 0.0668. The Morgan fingerprint density at radius 1 is 1.36 bits per heavy atom. The molecule has 1 heterocycles. The van der Waals surface area contributed by atoms with Crippen LogP contribution >= 0.6 is 11.8 Å². The number of nitrogens with one attached hydrogen (secondary N) is 1. The quantitative estimate of drug-likeness (QED) is 0.747. The molecule has 1 atom stereocenters. The summed E-state index contributed by atoms with van der Waals surface area (Å²) in [5.41, 5.74) is -0.400. The van der Waals surface area contributed by atoms with Crippen molar-refractivity contribution < 1.29 is 5.11 Å². The summed E-state index contributed by atoms with van der Waals surface area (Å²) in [6, 6.07) is 0. The van der Waals surface area contributed by atoms with E-state index in [1.165, 1.54) is 25.7 Å². The lowest BCUT2D eigenvalue weighted by atomic mass is 10.0. The van der Waals surface area contributed by atoms with Crippen molar-refractivity contribution in [1.29, 1.82) is 0 Å². The van der Waals surface area contributed by atoms with Gasteiger partial charge in [0.1, 0.15) is 0 Å². The van der Waals surface area contributed by atoms with Crippen molar-refractivity contribution in [3.63, 3.8) is 0 Å². The molecule has 1 aliphatic carbocycles. The first-order chi connectivity index (χ1) is 6.79. The van der Waals surface area contributed by atoms with Crippen LogP contribution < -0.4 is 5.32 Å². The SMILES string of the molecule is OC1(CNCC2CCCC2)CCSC1. The van der Waals surface area contributed by atoms with E-state index in [1.54, 1.807) is 0 Å². The van der Waals surface area contributed by atoms with Gasteiger partial charge >= 0.3 is 0 Å². The molecular weight excluding hydrogens is 194 g/mol. The molecule has 2 nitrogen and oxygen atoms in total. The Morgan fingerprint density at radius 3 is 2.79 bits per heavy atom. The van der Waals surface area contributed by atoms with Crippen LogP contribution in [0.5, 0.6) is 0 Å². The van der Waals surface area contributed by atoms with Gasteiger partial charge in [-0.2, -0.15) is 11.8 Å². The Hall–Kier alpha value is 0.270. The van der Waals surface area contributed by atoms with Gasteiger partial charge in [0, 0.05) is 12.3 Å². The Bertz CT molecular complexity index is 174. The zero-order chi connectivity index (χ0) is 9.86. The van der Waals surface area contributed by atoms with Gasteiger partial charge in [0.25, 0.3) is 0 Å². The van der Waals surface area contributed by atoms with Crippen LogP contribution in [0.15, 0.2) is 0 Å². The molecule has 2 fully saturated rings. The van der Waals surface area contributed by atoms with E-state index in [9.17, 15) is 5.11 Å². The van der Waals surface area contributed by atoms with E-state index in [0.29, 0.717) is 0 Å². The molecule has 0 spiro atoms. The Balaban J connectivity index is 1.61. The second-order valence-corrected chi connectivity index (χ2v) is 5.91. The van der Waals surface area contributed by atoms with Gasteiger partial charge in [0.05, 0.1) is 5.60 Å². The molecule has 1 unspecified atom stereocenters. The molecule has 3 heteroatoms. The maximum absolute atomic E-state index is 10.1. The maximum Gasteiger partial charge on any atom is 0.0869 e. The number of rotatable bonds is 4. The first kappa shape index (κ1) is 10.8. The molecule has 1 saturated heterocycles. The Kier molecular flexibility index (Phi) is 3.74. The summed E-state index contributed by atoms with van der Waals surface area (Å²) in [6.45, 7) is 1.92. The fraction of sp³-hybridized carbons (Fsp3) is 1.00. The van der Waals surface area contributed by atoms with Gasteiger partial charge in [-0.15, -0.1) is 0 Å². The minimum Gasteiger partial charge on any atom is -0.388 e. The van der Waals surface area contributed by atoms with Crippen LogP contribution in [-0.2, 0) is 0 Å². The van der Waals surface area contributed by atoms with Crippen molar-refractivity contribution in [1.82, 2.24) is 5.32 Å². The van der Waals surface area contributed by atoms with E-state index in [1.807, 2.05) is 11.8 Å². The summed E-state index contributed by atoms with van der Waals surface area (Å²) >= 11 is 1.87. The monoisotopic (exact) mass is 215 g/mol. The highest BCUT2D eigenvalue weighted by Gasteiger charge is 2.31. The predicted molar refractivity (Wildman–Crippen MR) is 61.7 cm³/mol. The van der Waals surface area contributed by atoms with Crippen LogP contribution in [0, 0.1) is 5.92 Å². The molecule has 0 aromatic heterocycles. The van der Waals surface area contributed by atoms with E-state index < -0.39 is 5.60 Å². The zero-order valence-corrected chi connectivity index (χ0v) is 9.61. The maximum atomic E-state index is 10.1. The molecule has 2 N–H and O–H groups in total. The highest BCUT2D eigenvalue weighted by Crippen LogP contribution is 2.27. The number of hydrogen-bond donors (Lipinski definition) is 2. The Morgan fingerprint density at radius 2 is 2.14 bits per heavy atom. The van der Waals surface area contributed by atoms with Crippen molar-refractivity contribution >= 4 is 11.8 Å². The van der Waals surface area contributed by atoms with Crippen LogP contribution in [0.3, 0.4) is 0 Å². The average molecular weight is 215 g/mol. The number of thioether (sulfide) groups is 1. The van der Waals surface area contributed by atoms with Gasteiger partial charge in [0.15, 0.2) is 0 Å². The summed E-state index contributed by atoms with van der Waals surface area (Å²) in [5.74, 6) is 2.93. The van der Waals surface area contributed by atoms with Crippen LogP contribution in [0.1, 0.15) is 32.1 Å². The first-order valence-electron chi connectivity index (χ1n) is 5.79. The molecule has 0 radical (unpaired) electrons. The number of hydrogen-bond acceptors (Lipinski definition) is 3. The van der Waals surface area contributed by atoms with Crippen molar-refractivity contribution in [2.75, 3.05) is 24.6 Å². The molecule has 0 aromatic rings. The molecule has 2 rings (SSSR count). The number of aliphatic hydroxyl groups is 1. The van der Waals surface area contributed by atoms with Crippen LogP contribution in [0.2, 0.25) is 0 Å². The van der Waals surface area contributed by atoms with Crippen LogP contribution in [0.25, 0.3) is 0 Å². The summed E-state index contributed by atoms with van der Waals surface area (Å²) < 4.78 is 0. The van der Waals surface area contributed by atoms with E-state index in [0.717, 1.165) is 36.9 Å². The van der Waals surface area contributed by atoms with E-state index in [4.69, 9.17) is 0 Å². The van der Waals surface area contributed by atoms with E-state index >= 15 is 0 Å². The van der Waals surface area contributed by atoms with E-state index in [-0.39, 0.29) is 0 Å². The molecule has 2 aliphatic rings. The molecule has 14 heavy (non-hydrogen) atoms. The van der Waals surface area contributed by atoms with Crippen LogP contribution in [0.4, 0.5) is 0 Å². The molecule has 1 saturated carbocycles. The van der Waals surface area contributed by atoms with Crippen molar-refractivity contribution in [3.05, 3.63) is 0 Å². The Labute approximate surface area is 90.8 Å². The highest BCUT2D eigenvalue weighted by molar-refractivity contribution is 7.99. The summed E-state index contributed by atoms with van der Waals surface area (Å²) in [6.07, 6.45) is 6.56. The fourth-order valence-electron chi connectivity index (χ4n) is 2.46. The molecule has 82 valence electrons. The highest BCUT2D eigenvalue weighted by atomic mass is 32.2. The third-order valence-corrected chi connectivity index (χ3v) is 4.68. The minimum absolute atomic E-state index is 0.400. The smallest absolute Gasteiger partial charge is 0.0869 e. The second kappa shape index (κ2) is 4.86. The molecular formula is C11H21NOS. The van der Waals surface area contributed by atoms with Gasteiger partial charge in [-0.3, -0.25) is 0 Å². The lowest BCUT2D eigenvalue weighted by Gasteiger charge is -2.22. The standard InChI is InChI=1S/C11H21NOS/c13-11(5-6-14-9-11)8-12-7-10-3-1-2-4-10/h10,12-13H,1-9H2. The summed E-state index contributed by atoms with van der Waals surface area (Å²) in [5, 5.41) is 13.5. The van der Waals surface area contributed by atoms with Crippen molar-refractivity contribution in [3.8, 4) is 0 Å². The zero-order valence-electron chi connectivity index (χ0n) is 8.80. The fourth-order valence-corrected chi connectivity index (χ4v) is 3.75. The second-order valence-electron chi connectivity index (χ2n) is 4.81. The normalized spacial score (nSPS) is 34.1. The third-order valence-electron chi connectivity index (χ3n) is 3.44. The first-order valence-corrected chi connectivity index (χ1v) is 6.95. The summed E-state index contributed by atoms with van der Waals surface area (Å²) in [7, 11) is 0. The molecule has 0 aromatic carbocycles. The topological polar surface area (TPSA) is 32.3 Å².